The van der Waals surface area contributed by atoms with Gasteiger partial charge in [0.2, 0.25) is 5.71 Å². The van der Waals surface area contributed by atoms with E-state index in [1.165, 1.54) is 22.9 Å². The molecule has 1 aromatic carbocycles. The Hall–Kier alpha value is -3.33. The topological polar surface area (TPSA) is 109 Å². The fourth-order valence-electron chi connectivity index (χ4n) is 3.40. The van der Waals surface area contributed by atoms with E-state index in [1.54, 1.807) is 20.0 Å². The van der Waals surface area contributed by atoms with E-state index in [9.17, 15) is 4.79 Å². The number of anilines is 1. The van der Waals surface area contributed by atoms with Gasteiger partial charge in [-0.1, -0.05) is 23.9 Å². The quantitative estimate of drug-likeness (QED) is 0.349. The Morgan fingerprint density at radius 1 is 1.26 bits per heavy atom. The van der Waals surface area contributed by atoms with E-state index in [1.807, 2.05) is 16.8 Å². The number of thioether (sulfide) groups is 1. The van der Waals surface area contributed by atoms with Crippen LogP contribution in [0.25, 0.3) is 16.8 Å². The van der Waals surface area contributed by atoms with Crippen molar-refractivity contribution in [3.05, 3.63) is 58.9 Å². The number of aryl methyl sites for hydroxylation is 2. The second-order valence-electron chi connectivity index (χ2n) is 7.05. The molecule has 0 atom stereocenters. The third-order valence-electron chi connectivity index (χ3n) is 5.05. The lowest BCUT2D eigenvalue weighted by molar-refractivity contribution is 0.0526. The molecular weight excluding hydrogens is 414 g/mol. The molecule has 8 nitrogen and oxygen atoms in total. The average Bonchev–Trinajstić information content (AvgIpc) is 3.32. The number of carbonyl (C=O) groups excluding carboxylic acids is 1. The van der Waals surface area contributed by atoms with Crippen LogP contribution in [0, 0.1) is 20.8 Å². The van der Waals surface area contributed by atoms with Gasteiger partial charge in [-0.3, -0.25) is 4.57 Å². The van der Waals surface area contributed by atoms with Gasteiger partial charge in [0.25, 0.3) is 0 Å². The molecule has 4 aromatic rings. The maximum atomic E-state index is 12.3. The Kier molecular flexibility index (Phi) is 5.69. The van der Waals surface area contributed by atoms with Crippen molar-refractivity contribution in [2.75, 3.05) is 12.3 Å². The Bertz CT molecular complexity index is 1280. The van der Waals surface area contributed by atoms with E-state index in [4.69, 9.17) is 14.9 Å². The highest BCUT2D eigenvalue weighted by Gasteiger charge is 2.24. The monoisotopic (exact) mass is 437 g/mol. The zero-order chi connectivity index (χ0) is 22.1. The number of nitrogens with zero attached hydrogens (tertiary/aromatic N) is 4. The van der Waals surface area contributed by atoms with Gasteiger partial charge in [-0.25, -0.2) is 14.8 Å². The summed E-state index contributed by atoms with van der Waals surface area (Å²) in [5.74, 6) is 1.04. The fourth-order valence-corrected chi connectivity index (χ4v) is 4.22. The van der Waals surface area contributed by atoms with Crippen LogP contribution in [0.3, 0.4) is 0 Å². The summed E-state index contributed by atoms with van der Waals surface area (Å²) in [4.78, 5) is 25.6. The second kappa shape index (κ2) is 8.43. The molecular formula is C22H23N5O3S. The van der Waals surface area contributed by atoms with Crippen LogP contribution in [0.1, 0.15) is 40.0 Å². The number of ether oxygens (including phenoxy) is 1. The molecule has 3 aromatic heterocycles. The van der Waals surface area contributed by atoms with Crippen molar-refractivity contribution in [1.29, 1.82) is 0 Å². The minimum absolute atomic E-state index is 0.193. The molecule has 3 heterocycles. The van der Waals surface area contributed by atoms with E-state index >= 15 is 0 Å². The highest BCUT2D eigenvalue weighted by molar-refractivity contribution is 7.98. The molecule has 0 saturated carbocycles. The number of esters is 1. The van der Waals surface area contributed by atoms with Crippen LogP contribution in [0.15, 0.2) is 40.2 Å². The van der Waals surface area contributed by atoms with Gasteiger partial charge in [0.1, 0.15) is 23.0 Å². The van der Waals surface area contributed by atoms with Gasteiger partial charge in [0, 0.05) is 12.4 Å². The summed E-state index contributed by atoms with van der Waals surface area (Å²) >= 11 is 1.50. The van der Waals surface area contributed by atoms with E-state index in [2.05, 4.69) is 40.9 Å². The van der Waals surface area contributed by atoms with Crippen molar-refractivity contribution in [3.8, 4) is 5.69 Å². The summed E-state index contributed by atoms with van der Waals surface area (Å²) in [7, 11) is 0. The van der Waals surface area contributed by atoms with Crippen LogP contribution in [0.2, 0.25) is 0 Å². The summed E-state index contributed by atoms with van der Waals surface area (Å²) < 4.78 is 12.8. The number of furan rings is 1. The molecule has 4 rings (SSSR count). The molecule has 0 spiro atoms. The van der Waals surface area contributed by atoms with E-state index < -0.39 is 5.97 Å². The Morgan fingerprint density at radius 2 is 2.06 bits per heavy atom. The molecule has 0 bridgehead atoms. The zero-order valence-electron chi connectivity index (χ0n) is 17.8. The highest BCUT2D eigenvalue weighted by atomic mass is 32.2. The van der Waals surface area contributed by atoms with Crippen LogP contribution in [-0.2, 0) is 10.5 Å². The largest absolute Gasteiger partial charge is 0.462 e. The Morgan fingerprint density at radius 3 is 2.84 bits per heavy atom. The van der Waals surface area contributed by atoms with Crippen LogP contribution in [-0.4, -0.2) is 32.1 Å². The number of benzene rings is 1. The summed E-state index contributed by atoms with van der Waals surface area (Å²) in [6, 6.07) is 6.19. The fraction of sp³-hybridized carbons (Fsp3) is 0.273. The number of hydrogen-bond acceptors (Lipinski definition) is 8. The third kappa shape index (κ3) is 3.88. The molecule has 160 valence electrons. The van der Waals surface area contributed by atoms with Crippen LogP contribution in [0.5, 0.6) is 0 Å². The molecule has 31 heavy (non-hydrogen) atoms. The third-order valence-corrected chi connectivity index (χ3v) is 6.02. The zero-order valence-corrected chi connectivity index (χ0v) is 18.6. The lowest BCUT2D eigenvalue weighted by Gasteiger charge is -2.12. The molecule has 0 fully saturated rings. The highest BCUT2D eigenvalue weighted by Crippen LogP contribution is 2.31. The van der Waals surface area contributed by atoms with Crippen molar-refractivity contribution in [2.45, 2.75) is 38.6 Å². The first-order chi connectivity index (χ1) is 14.9. The summed E-state index contributed by atoms with van der Waals surface area (Å²) in [6.45, 7) is 7.87. The van der Waals surface area contributed by atoms with Crippen molar-refractivity contribution in [2.24, 2.45) is 0 Å². The average molecular weight is 438 g/mol. The van der Waals surface area contributed by atoms with E-state index in [-0.39, 0.29) is 23.7 Å². The number of hydrogen-bond donors (Lipinski definition) is 1. The van der Waals surface area contributed by atoms with Crippen LogP contribution >= 0.6 is 11.8 Å². The molecule has 2 N–H and O–H groups in total. The molecule has 0 aliphatic carbocycles. The predicted octanol–water partition coefficient (Wildman–Crippen LogP) is 4.38. The van der Waals surface area contributed by atoms with Crippen molar-refractivity contribution in [3.63, 3.8) is 0 Å². The lowest BCUT2D eigenvalue weighted by Crippen LogP contribution is -2.07. The first-order valence-electron chi connectivity index (χ1n) is 9.86. The van der Waals surface area contributed by atoms with Gasteiger partial charge in [0.15, 0.2) is 5.16 Å². The summed E-state index contributed by atoms with van der Waals surface area (Å²) in [5.41, 5.74) is 10.2. The number of aromatic nitrogens is 4. The van der Waals surface area contributed by atoms with Gasteiger partial charge in [0.05, 0.1) is 23.4 Å². The minimum Gasteiger partial charge on any atom is -0.462 e. The number of rotatable bonds is 6. The smallest absolute Gasteiger partial charge is 0.342 e. The maximum absolute atomic E-state index is 12.3. The van der Waals surface area contributed by atoms with Gasteiger partial charge >= 0.3 is 5.97 Å². The molecule has 0 amide bonds. The first-order valence-corrected chi connectivity index (χ1v) is 10.8. The maximum Gasteiger partial charge on any atom is 0.342 e. The van der Waals surface area contributed by atoms with E-state index in [0.29, 0.717) is 22.7 Å². The summed E-state index contributed by atoms with van der Waals surface area (Å²) in [6.07, 6.45) is 3.70. The molecule has 9 heteroatoms. The standard InChI is InChI=1S/C22H23N5O3S/c1-5-29-21(28)17-14(4)30-20-18(17)19(23)25-16(26-20)11-31-22-24-9-10-27(22)15-8-6-7-12(2)13(15)3/h6-10H,5,11H2,1-4H3,(H2,23,25,26). The number of fused-ring (bicyclic) bond motifs is 1. The van der Waals surface area contributed by atoms with Crippen molar-refractivity contribution >= 4 is 34.6 Å². The SMILES string of the molecule is CCOC(=O)c1c(C)oc2nc(CSc3nccn3-c3cccc(C)c3C)nc(N)c12. The van der Waals surface area contributed by atoms with Crippen molar-refractivity contribution in [1.82, 2.24) is 19.5 Å². The van der Waals surface area contributed by atoms with Gasteiger partial charge < -0.3 is 14.9 Å². The number of carbonyl (C=O) groups is 1. The Labute approximate surface area is 183 Å². The van der Waals surface area contributed by atoms with Crippen molar-refractivity contribution < 1.29 is 13.9 Å². The molecule has 0 unspecified atom stereocenters. The molecule has 0 radical (unpaired) electrons. The molecule has 0 saturated heterocycles. The number of nitrogen functional groups attached to an aromatic ring is 1. The number of nitrogens with two attached hydrogens (primary N) is 1. The minimum atomic E-state index is -0.494. The van der Waals surface area contributed by atoms with Gasteiger partial charge in [-0.05, 0) is 44.9 Å². The molecule has 0 aliphatic heterocycles. The molecule has 0 aliphatic rings. The lowest BCUT2D eigenvalue weighted by atomic mass is 10.1. The van der Waals surface area contributed by atoms with Crippen LogP contribution < -0.4 is 5.73 Å². The van der Waals surface area contributed by atoms with E-state index in [0.717, 1.165) is 10.8 Å². The second-order valence-corrected chi connectivity index (χ2v) is 7.99. The van der Waals surface area contributed by atoms with Gasteiger partial charge in [-0.2, -0.15) is 4.98 Å². The van der Waals surface area contributed by atoms with Gasteiger partial charge in [-0.15, -0.1) is 0 Å². The predicted molar refractivity (Wildman–Crippen MR) is 120 cm³/mol. The first kappa shape index (κ1) is 20.9. The normalized spacial score (nSPS) is 11.2. The Balaban J connectivity index is 1.62. The van der Waals surface area contributed by atoms with Crippen LogP contribution in [0.4, 0.5) is 5.82 Å². The summed E-state index contributed by atoms with van der Waals surface area (Å²) in [5, 5.41) is 1.21. The number of imidazole rings is 1.